The number of thiazole rings is 1. The summed E-state index contributed by atoms with van der Waals surface area (Å²) in [6.07, 6.45) is 1.57. The molecule has 0 radical (unpaired) electrons. The van der Waals surface area contributed by atoms with E-state index in [9.17, 15) is 0 Å². The molecule has 0 amide bonds. The minimum absolute atomic E-state index is 0.855. The van der Waals surface area contributed by atoms with Gasteiger partial charge in [0.2, 0.25) is 0 Å². The third-order valence-corrected chi connectivity index (χ3v) is 3.78. The van der Waals surface area contributed by atoms with E-state index in [1.165, 1.54) is 0 Å². The highest BCUT2D eigenvalue weighted by Crippen LogP contribution is 2.29. The Balaban J connectivity index is 2.12. The molecule has 2 rings (SSSR count). The Bertz CT molecular complexity index is 469. The van der Waals surface area contributed by atoms with Gasteiger partial charge in [0.25, 0.3) is 0 Å². The summed E-state index contributed by atoms with van der Waals surface area (Å²) < 4.78 is 1.01. The molecule has 0 atom stereocenters. The van der Waals surface area contributed by atoms with Crippen LogP contribution in [-0.2, 0) is 0 Å². The topological polar surface area (TPSA) is 50.7 Å². The van der Waals surface area contributed by atoms with E-state index >= 15 is 0 Å². The molecule has 6 heteroatoms. The number of nitrogens with zero attached hydrogens (tertiary/aromatic N) is 3. The van der Waals surface area contributed by atoms with E-state index in [-0.39, 0.29) is 0 Å². The molecule has 0 fully saturated rings. The fraction of sp³-hybridized carbons (Fsp3) is 0.300. The number of aromatic nitrogens is 3. The predicted octanol–water partition coefficient (Wildman–Crippen LogP) is 2.82. The van der Waals surface area contributed by atoms with Crippen LogP contribution >= 0.6 is 23.1 Å². The van der Waals surface area contributed by atoms with Crippen LogP contribution in [0.2, 0.25) is 0 Å². The molecule has 0 bridgehead atoms. The Morgan fingerprint density at radius 3 is 3.00 bits per heavy atom. The Morgan fingerprint density at radius 1 is 1.44 bits per heavy atom. The van der Waals surface area contributed by atoms with Crippen molar-refractivity contribution in [1.29, 1.82) is 0 Å². The third-order valence-electron chi connectivity index (χ3n) is 1.79. The van der Waals surface area contributed by atoms with Gasteiger partial charge in [-0.25, -0.2) is 15.0 Å². The van der Waals surface area contributed by atoms with Crippen molar-refractivity contribution in [3.8, 4) is 0 Å². The van der Waals surface area contributed by atoms with E-state index in [0.717, 1.165) is 27.4 Å². The van der Waals surface area contributed by atoms with Gasteiger partial charge in [-0.05, 0) is 25.6 Å². The van der Waals surface area contributed by atoms with Gasteiger partial charge in [-0.15, -0.1) is 11.3 Å². The molecule has 16 heavy (non-hydrogen) atoms. The first kappa shape index (κ1) is 11.3. The molecule has 0 aliphatic heterocycles. The second kappa shape index (κ2) is 5.27. The van der Waals surface area contributed by atoms with Crippen LogP contribution in [0, 0.1) is 6.92 Å². The average molecular weight is 252 g/mol. The molecule has 4 nitrogen and oxygen atoms in total. The molecular formula is C10H12N4S2. The van der Waals surface area contributed by atoms with Crippen molar-refractivity contribution in [3.05, 3.63) is 23.5 Å². The molecule has 0 aliphatic rings. The summed E-state index contributed by atoms with van der Waals surface area (Å²) >= 11 is 3.20. The Labute approximate surface area is 103 Å². The summed E-state index contributed by atoms with van der Waals surface area (Å²) in [4.78, 5) is 12.7. The fourth-order valence-electron chi connectivity index (χ4n) is 1.14. The Morgan fingerprint density at radius 2 is 2.31 bits per heavy atom. The van der Waals surface area contributed by atoms with Crippen LogP contribution in [-0.4, -0.2) is 21.5 Å². The maximum atomic E-state index is 4.38. The molecule has 0 spiro atoms. The summed E-state index contributed by atoms with van der Waals surface area (Å²) in [5.41, 5.74) is 1.05. The first-order chi connectivity index (χ1) is 7.78. The zero-order valence-electron chi connectivity index (χ0n) is 9.10. The quantitative estimate of drug-likeness (QED) is 0.848. The van der Waals surface area contributed by atoms with E-state index in [1.54, 1.807) is 29.4 Å². The van der Waals surface area contributed by atoms with Gasteiger partial charge < -0.3 is 5.32 Å². The minimum atomic E-state index is 0.855. The van der Waals surface area contributed by atoms with Crippen molar-refractivity contribution in [2.24, 2.45) is 0 Å². The second-order valence-electron chi connectivity index (χ2n) is 3.13. The number of aryl methyl sites for hydroxylation is 1. The zero-order chi connectivity index (χ0) is 11.4. The van der Waals surface area contributed by atoms with E-state index in [2.05, 4.69) is 20.3 Å². The van der Waals surface area contributed by atoms with Crippen molar-refractivity contribution in [1.82, 2.24) is 15.0 Å². The summed E-state index contributed by atoms with van der Waals surface area (Å²) in [5, 5.41) is 6.11. The number of rotatable bonds is 4. The smallest absolute Gasteiger partial charge is 0.156 e. The largest absolute Gasteiger partial charge is 0.370 e. The van der Waals surface area contributed by atoms with Gasteiger partial charge in [0.15, 0.2) is 4.34 Å². The molecular weight excluding hydrogens is 240 g/mol. The fourth-order valence-corrected chi connectivity index (χ4v) is 2.89. The Kier molecular flexibility index (Phi) is 3.74. The lowest BCUT2D eigenvalue weighted by Gasteiger charge is -2.02. The van der Waals surface area contributed by atoms with Crippen LogP contribution in [0.1, 0.15) is 12.6 Å². The van der Waals surface area contributed by atoms with E-state index < -0.39 is 0 Å². The summed E-state index contributed by atoms with van der Waals surface area (Å²) in [6.45, 7) is 4.89. The van der Waals surface area contributed by atoms with Crippen LogP contribution in [0.3, 0.4) is 0 Å². The van der Waals surface area contributed by atoms with Crippen LogP contribution in [0.4, 0.5) is 5.82 Å². The van der Waals surface area contributed by atoms with Crippen molar-refractivity contribution in [3.63, 3.8) is 0 Å². The number of nitrogens with one attached hydrogen (secondary N) is 1. The number of hydrogen-bond acceptors (Lipinski definition) is 6. The van der Waals surface area contributed by atoms with Gasteiger partial charge in [-0.3, -0.25) is 0 Å². The number of hydrogen-bond donors (Lipinski definition) is 1. The van der Waals surface area contributed by atoms with Gasteiger partial charge >= 0.3 is 0 Å². The molecule has 2 aromatic heterocycles. The summed E-state index contributed by atoms with van der Waals surface area (Å²) in [5.74, 6) is 0.855. The molecule has 2 aromatic rings. The van der Waals surface area contributed by atoms with Gasteiger partial charge in [0.1, 0.15) is 17.2 Å². The SMILES string of the molecule is CCNc1cc(Sc2nc(C)cs2)ncn1. The van der Waals surface area contributed by atoms with Gasteiger partial charge in [-0.1, -0.05) is 0 Å². The number of anilines is 1. The maximum absolute atomic E-state index is 4.38. The first-order valence-electron chi connectivity index (χ1n) is 4.94. The molecule has 2 heterocycles. The third kappa shape index (κ3) is 2.93. The predicted molar refractivity (Wildman–Crippen MR) is 67.2 cm³/mol. The molecule has 0 saturated carbocycles. The van der Waals surface area contributed by atoms with Crippen LogP contribution < -0.4 is 5.32 Å². The molecule has 0 unspecified atom stereocenters. The lowest BCUT2D eigenvalue weighted by Crippen LogP contribution is -1.99. The monoisotopic (exact) mass is 252 g/mol. The molecule has 0 aromatic carbocycles. The summed E-state index contributed by atoms with van der Waals surface area (Å²) in [7, 11) is 0. The highest BCUT2D eigenvalue weighted by atomic mass is 32.2. The maximum Gasteiger partial charge on any atom is 0.156 e. The van der Waals surface area contributed by atoms with Crippen LogP contribution in [0.5, 0.6) is 0 Å². The zero-order valence-corrected chi connectivity index (χ0v) is 10.7. The average Bonchev–Trinajstić information content (AvgIpc) is 2.65. The van der Waals surface area contributed by atoms with E-state index in [4.69, 9.17) is 0 Å². The summed E-state index contributed by atoms with van der Waals surface area (Å²) in [6, 6.07) is 1.94. The van der Waals surface area contributed by atoms with Crippen molar-refractivity contribution >= 4 is 28.9 Å². The standard InChI is InChI=1S/C10H12N4S2/c1-3-11-8-4-9(13-6-12-8)16-10-14-7(2)5-15-10/h4-6H,3H2,1-2H3,(H,11,12,13). The first-order valence-corrected chi connectivity index (χ1v) is 6.63. The second-order valence-corrected chi connectivity index (χ2v) is 5.25. The molecule has 0 aliphatic carbocycles. The molecule has 1 N–H and O–H groups in total. The normalized spacial score (nSPS) is 10.4. The van der Waals surface area contributed by atoms with E-state index in [0.29, 0.717) is 0 Å². The lowest BCUT2D eigenvalue weighted by molar-refractivity contribution is 1.03. The van der Waals surface area contributed by atoms with Gasteiger partial charge in [-0.2, -0.15) is 0 Å². The van der Waals surface area contributed by atoms with Crippen LogP contribution in [0.15, 0.2) is 27.1 Å². The van der Waals surface area contributed by atoms with Crippen LogP contribution in [0.25, 0.3) is 0 Å². The van der Waals surface area contributed by atoms with Crippen molar-refractivity contribution in [2.45, 2.75) is 23.2 Å². The lowest BCUT2D eigenvalue weighted by atomic mass is 10.5. The van der Waals surface area contributed by atoms with Gasteiger partial charge in [0, 0.05) is 23.7 Å². The highest BCUT2D eigenvalue weighted by molar-refractivity contribution is 8.01. The highest BCUT2D eigenvalue weighted by Gasteiger charge is 2.04. The van der Waals surface area contributed by atoms with Crippen molar-refractivity contribution in [2.75, 3.05) is 11.9 Å². The van der Waals surface area contributed by atoms with E-state index in [1.807, 2.05) is 25.3 Å². The molecule has 0 saturated heterocycles. The minimum Gasteiger partial charge on any atom is -0.370 e. The Hall–Kier alpha value is -1.14. The van der Waals surface area contributed by atoms with Gasteiger partial charge in [0.05, 0.1) is 0 Å². The molecule has 84 valence electrons. The van der Waals surface area contributed by atoms with Crippen molar-refractivity contribution < 1.29 is 0 Å².